The minimum absolute atomic E-state index is 0.00475. The highest BCUT2D eigenvalue weighted by molar-refractivity contribution is 5.80. The molecule has 2 saturated heterocycles. The van der Waals surface area contributed by atoms with Gasteiger partial charge in [0.2, 0.25) is 5.91 Å². The zero-order valence-electron chi connectivity index (χ0n) is 14.5. The second-order valence-electron chi connectivity index (χ2n) is 6.48. The predicted octanol–water partition coefficient (Wildman–Crippen LogP) is 1.36. The molecule has 1 aromatic heterocycles. The summed E-state index contributed by atoms with van der Waals surface area (Å²) in [6.45, 7) is 6.85. The maximum absolute atomic E-state index is 12.8. The minimum atomic E-state index is -0.00475. The van der Waals surface area contributed by atoms with E-state index in [1.807, 2.05) is 23.6 Å². The minimum Gasteiger partial charge on any atom is -0.361 e. The molecule has 0 saturated carbocycles. The third kappa shape index (κ3) is 3.25. The fourth-order valence-corrected chi connectivity index (χ4v) is 3.67. The molecule has 7 nitrogen and oxygen atoms in total. The zero-order valence-corrected chi connectivity index (χ0v) is 14.5. The lowest BCUT2D eigenvalue weighted by atomic mass is 10.0. The number of likely N-dealkylation sites (tertiary alicyclic amines) is 1. The van der Waals surface area contributed by atoms with Crippen LogP contribution in [0.25, 0.3) is 0 Å². The normalized spacial score (nSPS) is 21.2. The Labute approximate surface area is 142 Å². The van der Waals surface area contributed by atoms with Crippen molar-refractivity contribution in [1.29, 1.82) is 0 Å². The fraction of sp³-hybridized carbons (Fsp3) is 0.706. The molecule has 0 spiro atoms. The van der Waals surface area contributed by atoms with Crippen LogP contribution in [0.3, 0.4) is 0 Å². The summed E-state index contributed by atoms with van der Waals surface area (Å²) in [6.07, 6.45) is 3.75. The average Bonchev–Trinajstić information content (AvgIpc) is 3.20. The van der Waals surface area contributed by atoms with Gasteiger partial charge in [0.1, 0.15) is 5.76 Å². The summed E-state index contributed by atoms with van der Waals surface area (Å²) in [7, 11) is 0. The number of urea groups is 1. The third-order valence-electron chi connectivity index (χ3n) is 5.01. The van der Waals surface area contributed by atoms with E-state index in [-0.39, 0.29) is 18.0 Å². The van der Waals surface area contributed by atoms with Gasteiger partial charge < -0.3 is 19.6 Å². The first-order valence-electron chi connectivity index (χ1n) is 8.92. The van der Waals surface area contributed by atoms with Crippen LogP contribution in [0.15, 0.2) is 4.52 Å². The Hall–Kier alpha value is -2.05. The molecule has 2 aliphatic heterocycles. The summed E-state index contributed by atoms with van der Waals surface area (Å²) < 4.78 is 5.36. The molecule has 3 amide bonds. The molecule has 24 heavy (non-hydrogen) atoms. The first kappa shape index (κ1) is 16.8. The Morgan fingerprint density at radius 2 is 2.17 bits per heavy atom. The van der Waals surface area contributed by atoms with E-state index in [4.69, 9.17) is 4.52 Å². The lowest BCUT2D eigenvalue weighted by Gasteiger charge is -2.37. The van der Waals surface area contributed by atoms with Crippen molar-refractivity contribution in [3.63, 3.8) is 0 Å². The van der Waals surface area contributed by atoms with Crippen molar-refractivity contribution in [1.82, 2.24) is 20.3 Å². The van der Waals surface area contributed by atoms with Gasteiger partial charge in [0.25, 0.3) is 0 Å². The van der Waals surface area contributed by atoms with Gasteiger partial charge >= 0.3 is 6.03 Å². The van der Waals surface area contributed by atoms with Gasteiger partial charge in [0, 0.05) is 38.2 Å². The van der Waals surface area contributed by atoms with Crippen LogP contribution in [0.5, 0.6) is 0 Å². The van der Waals surface area contributed by atoms with Crippen molar-refractivity contribution in [3.05, 3.63) is 17.0 Å². The highest BCUT2D eigenvalue weighted by atomic mass is 16.5. The third-order valence-corrected chi connectivity index (χ3v) is 5.01. The molecule has 0 bridgehead atoms. The van der Waals surface area contributed by atoms with Crippen molar-refractivity contribution in [2.24, 2.45) is 0 Å². The van der Waals surface area contributed by atoms with E-state index >= 15 is 0 Å². The molecule has 0 aliphatic carbocycles. The molecule has 3 heterocycles. The van der Waals surface area contributed by atoms with Crippen LogP contribution in [0.2, 0.25) is 0 Å². The summed E-state index contributed by atoms with van der Waals surface area (Å²) in [4.78, 5) is 28.4. The predicted molar refractivity (Wildman–Crippen MR) is 88.7 cm³/mol. The number of aromatic nitrogens is 1. The molecule has 2 fully saturated rings. The van der Waals surface area contributed by atoms with Gasteiger partial charge in [-0.05, 0) is 19.3 Å². The van der Waals surface area contributed by atoms with Crippen molar-refractivity contribution in [2.45, 2.75) is 52.0 Å². The zero-order chi connectivity index (χ0) is 17.1. The fourth-order valence-electron chi connectivity index (χ4n) is 3.67. The SMILES string of the molecule is CCc1noc(CC)c1CC(=O)N1CCCC(N2CCNC2=O)C1. The largest absolute Gasteiger partial charge is 0.361 e. The number of hydrogen-bond donors (Lipinski definition) is 1. The molecule has 1 aromatic rings. The Bertz CT molecular complexity index is 591. The summed E-state index contributed by atoms with van der Waals surface area (Å²) in [5.41, 5.74) is 1.83. The lowest BCUT2D eigenvalue weighted by molar-refractivity contribution is -0.132. The molecule has 1 N–H and O–H groups in total. The van der Waals surface area contributed by atoms with Crippen molar-refractivity contribution in [3.8, 4) is 0 Å². The van der Waals surface area contributed by atoms with Gasteiger partial charge in [-0.15, -0.1) is 0 Å². The van der Waals surface area contributed by atoms with Gasteiger partial charge in [-0.2, -0.15) is 0 Å². The quantitative estimate of drug-likeness (QED) is 0.882. The molecule has 132 valence electrons. The molecular weight excluding hydrogens is 308 g/mol. The van der Waals surface area contributed by atoms with Crippen LogP contribution in [0.4, 0.5) is 4.79 Å². The Morgan fingerprint density at radius 1 is 1.33 bits per heavy atom. The van der Waals surface area contributed by atoms with Crippen LogP contribution < -0.4 is 5.32 Å². The molecular formula is C17H26N4O3. The smallest absolute Gasteiger partial charge is 0.317 e. The van der Waals surface area contributed by atoms with Gasteiger partial charge in [0.05, 0.1) is 18.2 Å². The van der Waals surface area contributed by atoms with E-state index in [0.717, 1.165) is 55.8 Å². The number of rotatable bonds is 5. The van der Waals surface area contributed by atoms with Crippen LogP contribution >= 0.6 is 0 Å². The van der Waals surface area contributed by atoms with E-state index in [1.165, 1.54) is 0 Å². The molecule has 2 aliphatic rings. The molecule has 0 aromatic carbocycles. The van der Waals surface area contributed by atoms with Crippen LogP contribution in [0.1, 0.15) is 43.7 Å². The van der Waals surface area contributed by atoms with Crippen LogP contribution in [-0.2, 0) is 24.1 Å². The van der Waals surface area contributed by atoms with Gasteiger partial charge in [0.15, 0.2) is 0 Å². The lowest BCUT2D eigenvalue weighted by Crippen LogP contribution is -2.51. The Morgan fingerprint density at radius 3 is 2.83 bits per heavy atom. The molecule has 7 heteroatoms. The first-order valence-corrected chi connectivity index (χ1v) is 8.92. The molecule has 3 rings (SSSR count). The first-order chi connectivity index (χ1) is 11.6. The second kappa shape index (κ2) is 7.23. The number of piperidine rings is 1. The van der Waals surface area contributed by atoms with E-state index < -0.39 is 0 Å². The van der Waals surface area contributed by atoms with E-state index in [9.17, 15) is 9.59 Å². The maximum atomic E-state index is 12.8. The highest BCUT2D eigenvalue weighted by Gasteiger charge is 2.33. The van der Waals surface area contributed by atoms with Crippen molar-refractivity contribution >= 4 is 11.9 Å². The number of carbonyl (C=O) groups is 2. The summed E-state index contributed by atoms with van der Waals surface area (Å²) in [5.74, 6) is 0.916. The highest BCUT2D eigenvalue weighted by Crippen LogP contribution is 2.21. The van der Waals surface area contributed by atoms with Crippen molar-refractivity contribution < 1.29 is 14.1 Å². The van der Waals surface area contributed by atoms with E-state index in [2.05, 4.69) is 10.5 Å². The van der Waals surface area contributed by atoms with Gasteiger partial charge in [-0.3, -0.25) is 4.79 Å². The topological polar surface area (TPSA) is 78.7 Å². The van der Waals surface area contributed by atoms with E-state index in [0.29, 0.717) is 19.5 Å². The molecule has 1 unspecified atom stereocenters. The van der Waals surface area contributed by atoms with Gasteiger partial charge in [-0.25, -0.2) is 4.79 Å². The maximum Gasteiger partial charge on any atom is 0.317 e. The number of nitrogens with one attached hydrogen (secondary N) is 1. The van der Waals surface area contributed by atoms with Crippen molar-refractivity contribution in [2.75, 3.05) is 26.2 Å². The Kier molecular flexibility index (Phi) is 5.06. The summed E-state index contributed by atoms with van der Waals surface area (Å²) >= 11 is 0. The number of carbonyl (C=O) groups excluding carboxylic acids is 2. The molecule has 0 radical (unpaired) electrons. The summed E-state index contributed by atoms with van der Waals surface area (Å²) in [5, 5.41) is 6.93. The number of aryl methyl sites for hydroxylation is 2. The van der Waals surface area contributed by atoms with Crippen LogP contribution in [-0.4, -0.2) is 59.1 Å². The summed E-state index contributed by atoms with van der Waals surface area (Å²) in [6, 6.07) is 0.124. The second-order valence-corrected chi connectivity index (χ2v) is 6.48. The standard InChI is InChI=1S/C17H26N4O3/c1-3-14-13(15(4-2)24-19-14)10-16(22)20-8-5-6-12(11-20)21-9-7-18-17(21)23/h12H,3-11H2,1-2H3,(H,18,23). The average molecular weight is 334 g/mol. The number of amides is 3. The van der Waals surface area contributed by atoms with E-state index in [1.54, 1.807) is 0 Å². The monoisotopic (exact) mass is 334 g/mol. The number of hydrogen-bond acceptors (Lipinski definition) is 4. The molecule has 1 atom stereocenters. The number of nitrogens with zero attached hydrogens (tertiary/aromatic N) is 3. The van der Waals surface area contributed by atoms with Gasteiger partial charge in [-0.1, -0.05) is 19.0 Å². The Balaban J connectivity index is 1.66. The van der Waals surface area contributed by atoms with Crippen LogP contribution in [0, 0.1) is 0 Å².